The number of rotatable bonds is 4. The highest BCUT2D eigenvalue weighted by molar-refractivity contribution is 5.26. The Morgan fingerprint density at radius 2 is 1.73 bits per heavy atom. The highest BCUT2D eigenvalue weighted by Gasteiger charge is 2.24. The fourth-order valence-corrected chi connectivity index (χ4v) is 1.35. The monoisotopic (exact) mass is 208 g/mol. The molecule has 2 N–H and O–H groups in total. The zero-order valence-corrected chi connectivity index (χ0v) is 9.70. The van der Waals surface area contributed by atoms with Gasteiger partial charge in [0.1, 0.15) is 5.75 Å². The van der Waals surface area contributed by atoms with Crippen LogP contribution in [-0.2, 0) is 6.42 Å². The Morgan fingerprint density at radius 3 is 2.20 bits per heavy atom. The maximum Gasteiger partial charge on any atom is 0.115 e. The summed E-state index contributed by atoms with van der Waals surface area (Å²) in [6.45, 7) is 5.92. The summed E-state index contributed by atoms with van der Waals surface area (Å²) < 4.78 is 0. The highest BCUT2D eigenvalue weighted by Crippen LogP contribution is 2.23. The minimum atomic E-state index is -0.613. The van der Waals surface area contributed by atoms with Crippen molar-refractivity contribution in [2.45, 2.75) is 39.2 Å². The molecule has 0 aromatic heterocycles. The van der Waals surface area contributed by atoms with Crippen molar-refractivity contribution in [3.05, 3.63) is 29.8 Å². The van der Waals surface area contributed by atoms with Gasteiger partial charge < -0.3 is 10.2 Å². The number of aliphatic hydroxyl groups is 1. The first kappa shape index (κ1) is 12.1. The SMILES string of the molecule is CC(C)C(C)(O)CCc1ccc(O)cc1. The second kappa shape index (κ2) is 4.67. The lowest BCUT2D eigenvalue weighted by atomic mass is 9.87. The Hall–Kier alpha value is -1.02. The van der Waals surface area contributed by atoms with Crippen LogP contribution in [0.5, 0.6) is 5.75 Å². The molecule has 0 spiro atoms. The van der Waals surface area contributed by atoms with Crippen molar-refractivity contribution in [3.8, 4) is 5.75 Å². The number of benzene rings is 1. The van der Waals surface area contributed by atoms with Gasteiger partial charge in [-0.3, -0.25) is 0 Å². The van der Waals surface area contributed by atoms with Gasteiger partial charge in [-0.15, -0.1) is 0 Å². The van der Waals surface area contributed by atoms with Crippen LogP contribution in [0.1, 0.15) is 32.8 Å². The molecule has 1 atom stereocenters. The van der Waals surface area contributed by atoms with Crippen molar-refractivity contribution in [3.63, 3.8) is 0 Å². The van der Waals surface area contributed by atoms with Crippen LogP contribution in [0.25, 0.3) is 0 Å². The number of hydrogen-bond donors (Lipinski definition) is 2. The summed E-state index contributed by atoms with van der Waals surface area (Å²) in [6.07, 6.45) is 1.58. The normalized spacial score (nSPS) is 15.3. The van der Waals surface area contributed by atoms with E-state index < -0.39 is 5.60 Å². The van der Waals surface area contributed by atoms with Crippen LogP contribution >= 0.6 is 0 Å². The standard InChI is InChI=1S/C13H20O2/c1-10(2)13(3,15)9-8-11-4-6-12(14)7-5-11/h4-7,10,14-15H,8-9H2,1-3H3. The number of aromatic hydroxyl groups is 1. The molecule has 1 unspecified atom stereocenters. The van der Waals surface area contributed by atoms with Gasteiger partial charge in [0.05, 0.1) is 5.60 Å². The maximum absolute atomic E-state index is 10.1. The molecule has 0 saturated carbocycles. The third kappa shape index (κ3) is 3.56. The summed E-state index contributed by atoms with van der Waals surface area (Å²) >= 11 is 0. The van der Waals surface area contributed by atoms with E-state index in [-0.39, 0.29) is 11.7 Å². The molecule has 0 fully saturated rings. The van der Waals surface area contributed by atoms with Crippen molar-refractivity contribution in [2.24, 2.45) is 5.92 Å². The van der Waals surface area contributed by atoms with Gasteiger partial charge in [-0.1, -0.05) is 26.0 Å². The largest absolute Gasteiger partial charge is 0.508 e. The number of phenolic OH excluding ortho intramolecular Hbond substituents is 1. The summed E-state index contributed by atoms with van der Waals surface area (Å²) in [5, 5.41) is 19.2. The lowest BCUT2D eigenvalue weighted by Crippen LogP contribution is -2.31. The van der Waals surface area contributed by atoms with Crippen molar-refractivity contribution >= 4 is 0 Å². The molecule has 1 rings (SSSR count). The molecule has 0 radical (unpaired) electrons. The van der Waals surface area contributed by atoms with Crippen LogP contribution in [-0.4, -0.2) is 15.8 Å². The highest BCUT2D eigenvalue weighted by atomic mass is 16.3. The fraction of sp³-hybridized carbons (Fsp3) is 0.538. The van der Waals surface area contributed by atoms with Crippen molar-refractivity contribution < 1.29 is 10.2 Å². The molecule has 15 heavy (non-hydrogen) atoms. The Labute approximate surface area is 91.6 Å². The van der Waals surface area contributed by atoms with E-state index >= 15 is 0 Å². The predicted molar refractivity (Wildman–Crippen MR) is 61.9 cm³/mol. The summed E-state index contributed by atoms with van der Waals surface area (Å²) in [6, 6.07) is 7.15. The van der Waals surface area contributed by atoms with Crippen LogP contribution in [0, 0.1) is 5.92 Å². The van der Waals surface area contributed by atoms with E-state index in [1.807, 2.05) is 32.9 Å². The maximum atomic E-state index is 10.1. The summed E-state index contributed by atoms with van der Waals surface area (Å²) in [5.41, 5.74) is 0.534. The van der Waals surface area contributed by atoms with Gasteiger partial charge >= 0.3 is 0 Å². The molecule has 0 aliphatic carbocycles. The summed E-state index contributed by atoms with van der Waals surface area (Å²) in [4.78, 5) is 0. The van der Waals surface area contributed by atoms with Crippen LogP contribution < -0.4 is 0 Å². The third-order valence-corrected chi connectivity index (χ3v) is 3.10. The van der Waals surface area contributed by atoms with Gasteiger partial charge in [-0.2, -0.15) is 0 Å². The first-order chi connectivity index (χ1) is 6.92. The summed E-state index contributed by atoms with van der Waals surface area (Å²) in [7, 11) is 0. The van der Waals surface area contributed by atoms with Gasteiger partial charge in [-0.25, -0.2) is 0 Å². The minimum Gasteiger partial charge on any atom is -0.508 e. The smallest absolute Gasteiger partial charge is 0.115 e. The second-order valence-electron chi connectivity index (χ2n) is 4.68. The van der Waals surface area contributed by atoms with Gasteiger partial charge in [0.2, 0.25) is 0 Å². The van der Waals surface area contributed by atoms with Gasteiger partial charge in [0.15, 0.2) is 0 Å². The van der Waals surface area contributed by atoms with E-state index in [2.05, 4.69) is 0 Å². The fourth-order valence-electron chi connectivity index (χ4n) is 1.35. The first-order valence-electron chi connectivity index (χ1n) is 5.42. The molecular formula is C13H20O2. The van der Waals surface area contributed by atoms with E-state index in [1.165, 1.54) is 0 Å². The van der Waals surface area contributed by atoms with Crippen LogP contribution in [0.15, 0.2) is 24.3 Å². The first-order valence-corrected chi connectivity index (χ1v) is 5.42. The van der Waals surface area contributed by atoms with Crippen molar-refractivity contribution in [2.75, 3.05) is 0 Å². The Morgan fingerprint density at radius 1 is 1.20 bits per heavy atom. The molecule has 0 aliphatic heterocycles. The molecule has 0 heterocycles. The zero-order valence-electron chi connectivity index (χ0n) is 9.70. The molecule has 1 aromatic carbocycles. The molecule has 0 aliphatic rings. The minimum absolute atomic E-state index is 0.259. The van der Waals surface area contributed by atoms with Gasteiger partial charge in [0, 0.05) is 0 Å². The van der Waals surface area contributed by atoms with E-state index in [9.17, 15) is 5.11 Å². The quantitative estimate of drug-likeness (QED) is 0.798. The van der Waals surface area contributed by atoms with Gasteiger partial charge in [-0.05, 0) is 43.4 Å². The van der Waals surface area contributed by atoms with Crippen molar-refractivity contribution in [1.29, 1.82) is 0 Å². The molecule has 1 aromatic rings. The predicted octanol–water partition coefficient (Wildman–Crippen LogP) is 2.73. The molecule has 0 bridgehead atoms. The van der Waals surface area contributed by atoms with Gasteiger partial charge in [0.25, 0.3) is 0 Å². The Balaban J connectivity index is 2.54. The average molecular weight is 208 g/mol. The molecule has 84 valence electrons. The van der Waals surface area contributed by atoms with Crippen LogP contribution in [0.4, 0.5) is 0 Å². The molecule has 2 nitrogen and oxygen atoms in total. The molecular weight excluding hydrogens is 188 g/mol. The lowest BCUT2D eigenvalue weighted by molar-refractivity contribution is 0.00569. The molecule has 0 amide bonds. The van der Waals surface area contributed by atoms with E-state index in [0.717, 1.165) is 18.4 Å². The van der Waals surface area contributed by atoms with E-state index in [1.54, 1.807) is 12.1 Å². The lowest BCUT2D eigenvalue weighted by Gasteiger charge is -2.27. The average Bonchev–Trinajstić information content (AvgIpc) is 2.17. The number of aryl methyl sites for hydroxylation is 1. The number of phenols is 1. The third-order valence-electron chi connectivity index (χ3n) is 3.10. The topological polar surface area (TPSA) is 40.5 Å². The molecule has 2 heteroatoms. The zero-order chi connectivity index (χ0) is 11.5. The van der Waals surface area contributed by atoms with Crippen molar-refractivity contribution in [1.82, 2.24) is 0 Å². The number of hydrogen-bond acceptors (Lipinski definition) is 2. The Kier molecular flexibility index (Phi) is 3.75. The van der Waals surface area contributed by atoms with Crippen LogP contribution in [0.3, 0.4) is 0 Å². The Bertz CT molecular complexity index is 299. The van der Waals surface area contributed by atoms with E-state index in [0.29, 0.717) is 0 Å². The van der Waals surface area contributed by atoms with Crippen LogP contribution in [0.2, 0.25) is 0 Å². The van der Waals surface area contributed by atoms with E-state index in [4.69, 9.17) is 5.11 Å². The second-order valence-corrected chi connectivity index (χ2v) is 4.68. The summed E-state index contributed by atoms with van der Waals surface area (Å²) in [5.74, 6) is 0.545. The molecule has 0 saturated heterocycles.